The van der Waals surface area contributed by atoms with Crippen LogP contribution < -0.4 is 11.1 Å². The van der Waals surface area contributed by atoms with E-state index in [-0.39, 0.29) is 29.4 Å². The van der Waals surface area contributed by atoms with Gasteiger partial charge in [-0.3, -0.25) is 4.79 Å². The van der Waals surface area contributed by atoms with Gasteiger partial charge in [-0.1, -0.05) is 26.7 Å². The zero-order valence-electron chi connectivity index (χ0n) is 12.9. The van der Waals surface area contributed by atoms with Crippen LogP contribution in [0.2, 0.25) is 0 Å². The molecule has 0 radical (unpaired) electrons. The summed E-state index contributed by atoms with van der Waals surface area (Å²) in [5, 5.41) is 2.95. The fraction of sp³-hybridized carbons (Fsp3) is 0.600. The summed E-state index contributed by atoms with van der Waals surface area (Å²) in [6.07, 6.45) is 6.06. The monoisotopic (exact) mass is 306 g/mol. The molecule has 1 heterocycles. The molecule has 0 unspecified atom stereocenters. The van der Waals surface area contributed by atoms with Gasteiger partial charge < -0.3 is 15.8 Å². The molecule has 1 fully saturated rings. The zero-order valence-corrected chi connectivity index (χ0v) is 12.9. The summed E-state index contributed by atoms with van der Waals surface area (Å²) in [5.41, 5.74) is 5.54. The number of carbonyl (C=O) groups is 2. The summed E-state index contributed by atoms with van der Waals surface area (Å²) in [4.78, 5) is 32.1. The van der Waals surface area contributed by atoms with E-state index in [2.05, 4.69) is 15.3 Å². The Morgan fingerprint density at radius 1 is 1.27 bits per heavy atom. The number of rotatable bonds is 5. The summed E-state index contributed by atoms with van der Waals surface area (Å²) in [7, 11) is 0. The average Bonchev–Trinajstić information content (AvgIpc) is 2.97. The third-order valence-electron chi connectivity index (χ3n) is 3.72. The molecule has 1 saturated carbocycles. The van der Waals surface area contributed by atoms with E-state index in [9.17, 15) is 9.59 Å². The molecule has 0 aliphatic heterocycles. The molecule has 0 bridgehead atoms. The van der Waals surface area contributed by atoms with Crippen LogP contribution in [0.1, 0.15) is 50.0 Å². The van der Waals surface area contributed by atoms with E-state index in [1.54, 1.807) is 0 Å². The Hall–Kier alpha value is -2.18. The van der Waals surface area contributed by atoms with Gasteiger partial charge in [0.2, 0.25) is 0 Å². The van der Waals surface area contributed by atoms with Gasteiger partial charge in [0, 0.05) is 18.4 Å². The van der Waals surface area contributed by atoms with Crippen molar-refractivity contribution in [2.75, 3.05) is 5.73 Å². The van der Waals surface area contributed by atoms with Gasteiger partial charge in [0.1, 0.15) is 0 Å². The molecule has 7 heteroatoms. The number of nitrogens with one attached hydrogen (secondary N) is 1. The number of carbonyl (C=O) groups excluding carboxylic acids is 2. The van der Waals surface area contributed by atoms with Crippen molar-refractivity contribution < 1.29 is 14.3 Å². The van der Waals surface area contributed by atoms with E-state index in [1.165, 1.54) is 12.4 Å². The van der Waals surface area contributed by atoms with Gasteiger partial charge >= 0.3 is 5.97 Å². The van der Waals surface area contributed by atoms with Crippen LogP contribution in [0.15, 0.2) is 12.4 Å². The highest BCUT2D eigenvalue weighted by molar-refractivity contribution is 5.94. The van der Waals surface area contributed by atoms with Gasteiger partial charge in [-0.2, -0.15) is 0 Å². The highest BCUT2D eigenvalue weighted by Gasteiger charge is 2.30. The van der Waals surface area contributed by atoms with Crippen LogP contribution in [0.25, 0.3) is 0 Å². The summed E-state index contributed by atoms with van der Waals surface area (Å²) < 4.78 is 5.32. The summed E-state index contributed by atoms with van der Waals surface area (Å²) >= 11 is 0. The number of nitrogen functional groups attached to an aromatic ring is 1. The van der Waals surface area contributed by atoms with Crippen molar-refractivity contribution in [3.8, 4) is 0 Å². The molecule has 2 rings (SSSR count). The molecule has 1 aromatic rings. The fourth-order valence-corrected chi connectivity index (χ4v) is 2.52. The highest BCUT2D eigenvalue weighted by Crippen LogP contribution is 2.19. The average molecular weight is 306 g/mol. The van der Waals surface area contributed by atoms with Crippen molar-refractivity contribution in [1.29, 1.82) is 0 Å². The number of hydrogen-bond acceptors (Lipinski definition) is 6. The minimum atomic E-state index is -0.866. The lowest BCUT2D eigenvalue weighted by molar-refractivity contribution is -0.132. The molecule has 1 aliphatic rings. The molecule has 22 heavy (non-hydrogen) atoms. The maximum atomic E-state index is 12.3. The first-order valence-electron chi connectivity index (χ1n) is 7.57. The van der Waals surface area contributed by atoms with Crippen molar-refractivity contribution in [2.24, 2.45) is 5.92 Å². The molecular weight excluding hydrogens is 284 g/mol. The molecule has 7 nitrogen and oxygen atoms in total. The van der Waals surface area contributed by atoms with E-state index >= 15 is 0 Å². The third-order valence-corrected chi connectivity index (χ3v) is 3.72. The first-order chi connectivity index (χ1) is 10.5. The lowest BCUT2D eigenvalue weighted by Crippen LogP contribution is -2.44. The van der Waals surface area contributed by atoms with E-state index in [1.807, 2.05) is 13.8 Å². The second-order valence-corrected chi connectivity index (χ2v) is 5.85. The van der Waals surface area contributed by atoms with Gasteiger partial charge in [0.05, 0.1) is 0 Å². The zero-order chi connectivity index (χ0) is 16.1. The molecular formula is C15H22N4O3. The predicted octanol–water partition coefficient (Wildman–Crippen LogP) is 1.30. The predicted molar refractivity (Wildman–Crippen MR) is 80.9 cm³/mol. The van der Waals surface area contributed by atoms with Crippen LogP contribution in [-0.4, -0.2) is 34.0 Å². The van der Waals surface area contributed by atoms with Gasteiger partial charge in [-0.15, -0.1) is 0 Å². The van der Waals surface area contributed by atoms with Crippen molar-refractivity contribution >= 4 is 17.7 Å². The summed E-state index contributed by atoms with van der Waals surface area (Å²) in [6.45, 7) is 3.65. The van der Waals surface area contributed by atoms with Crippen molar-refractivity contribution in [1.82, 2.24) is 15.3 Å². The number of anilines is 1. The number of hydrogen-bond donors (Lipinski definition) is 2. The first kappa shape index (κ1) is 16.2. The van der Waals surface area contributed by atoms with Gasteiger partial charge in [-0.05, 0) is 18.8 Å². The second kappa shape index (κ2) is 7.20. The van der Waals surface area contributed by atoms with Crippen molar-refractivity contribution in [3.05, 3.63) is 18.1 Å². The Balaban J connectivity index is 2.03. The van der Waals surface area contributed by atoms with Crippen LogP contribution in [-0.2, 0) is 9.53 Å². The Morgan fingerprint density at radius 2 is 1.91 bits per heavy atom. The number of aromatic nitrogens is 2. The SMILES string of the molecule is CC(C)[C@H](OC(=O)c1nccnc1N)C(=O)NC1CCCC1. The number of ether oxygens (including phenoxy) is 1. The van der Waals surface area contributed by atoms with Crippen LogP contribution in [0.3, 0.4) is 0 Å². The third kappa shape index (κ3) is 3.93. The van der Waals surface area contributed by atoms with Gasteiger partial charge in [-0.25, -0.2) is 14.8 Å². The molecule has 0 aromatic carbocycles. The summed E-state index contributed by atoms with van der Waals surface area (Å²) in [6, 6.07) is 0.175. The molecule has 1 atom stereocenters. The van der Waals surface area contributed by atoms with Crippen LogP contribution in [0.5, 0.6) is 0 Å². The Kier molecular flexibility index (Phi) is 5.30. The molecule has 0 spiro atoms. The normalized spacial score (nSPS) is 16.5. The van der Waals surface area contributed by atoms with Crippen molar-refractivity contribution in [3.63, 3.8) is 0 Å². The largest absolute Gasteiger partial charge is 0.447 e. The number of nitrogens with zero attached hydrogens (tertiary/aromatic N) is 2. The van der Waals surface area contributed by atoms with E-state index in [0.717, 1.165) is 25.7 Å². The minimum absolute atomic E-state index is 0.00814. The maximum absolute atomic E-state index is 12.3. The quantitative estimate of drug-likeness (QED) is 0.794. The van der Waals surface area contributed by atoms with E-state index < -0.39 is 12.1 Å². The lowest BCUT2D eigenvalue weighted by Gasteiger charge is -2.22. The summed E-state index contributed by atoms with van der Waals surface area (Å²) in [5.74, 6) is -1.15. The molecule has 3 N–H and O–H groups in total. The van der Waals surface area contributed by atoms with Crippen LogP contribution in [0, 0.1) is 5.92 Å². The number of nitrogens with two attached hydrogens (primary N) is 1. The fourth-order valence-electron chi connectivity index (χ4n) is 2.52. The Bertz CT molecular complexity index is 541. The number of esters is 1. The van der Waals surface area contributed by atoms with Crippen LogP contribution >= 0.6 is 0 Å². The second-order valence-electron chi connectivity index (χ2n) is 5.85. The molecule has 1 aliphatic carbocycles. The molecule has 1 aromatic heterocycles. The number of amides is 1. The molecule has 1 amide bonds. The van der Waals surface area contributed by atoms with Gasteiger partial charge in [0.25, 0.3) is 5.91 Å². The maximum Gasteiger partial charge on any atom is 0.361 e. The first-order valence-corrected chi connectivity index (χ1v) is 7.57. The lowest BCUT2D eigenvalue weighted by atomic mass is 10.1. The molecule has 0 saturated heterocycles. The standard InChI is InChI=1S/C15H22N4O3/c1-9(2)12(14(20)19-10-5-3-4-6-10)22-15(21)11-13(16)18-8-7-17-11/h7-10,12H,3-6H2,1-2H3,(H2,16,18)(H,19,20)/t12-/m0/s1. The van der Waals surface area contributed by atoms with E-state index in [0.29, 0.717) is 0 Å². The molecule has 120 valence electrons. The topological polar surface area (TPSA) is 107 Å². The smallest absolute Gasteiger partial charge is 0.361 e. The minimum Gasteiger partial charge on any atom is -0.447 e. The van der Waals surface area contributed by atoms with Crippen molar-refractivity contribution in [2.45, 2.75) is 51.7 Å². The Morgan fingerprint density at radius 3 is 2.50 bits per heavy atom. The highest BCUT2D eigenvalue weighted by atomic mass is 16.5. The van der Waals surface area contributed by atoms with E-state index in [4.69, 9.17) is 10.5 Å². The van der Waals surface area contributed by atoms with Crippen LogP contribution in [0.4, 0.5) is 5.82 Å². The van der Waals surface area contributed by atoms with Gasteiger partial charge in [0.15, 0.2) is 17.6 Å². The Labute approximate surface area is 129 Å².